The third kappa shape index (κ3) is 3.01. The molecule has 0 heterocycles. The number of nitrogens with zero attached hydrogens (tertiary/aromatic N) is 1. The van der Waals surface area contributed by atoms with Gasteiger partial charge in [-0.15, -0.1) is 0 Å². The summed E-state index contributed by atoms with van der Waals surface area (Å²) in [5.41, 5.74) is 4.75. The second-order valence-corrected chi connectivity index (χ2v) is 5.85. The van der Waals surface area contributed by atoms with Gasteiger partial charge in [-0.25, -0.2) is 0 Å². The maximum atomic E-state index is 3.57. The third-order valence-corrected chi connectivity index (χ3v) is 3.93. The first-order valence-electron chi connectivity index (χ1n) is 6.92. The summed E-state index contributed by atoms with van der Waals surface area (Å²) in [7, 11) is 0. The Labute approximate surface area is 134 Å². The Balaban J connectivity index is 2.19. The number of para-hydroxylation sites is 2. The van der Waals surface area contributed by atoms with Gasteiger partial charge < -0.3 is 4.90 Å². The average Bonchev–Trinajstić information content (AvgIpc) is 2.51. The Morgan fingerprint density at radius 2 is 1.38 bits per heavy atom. The van der Waals surface area contributed by atoms with Gasteiger partial charge in [0, 0.05) is 21.5 Å². The molecule has 0 unspecified atom stereocenters. The molecule has 0 fully saturated rings. The highest BCUT2D eigenvalue weighted by Gasteiger charge is 2.13. The second kappa shape index (κ2) is 6.15. The molecule has 2 heteroatoms. The number of hydrogen-bond donors (Lipinski definition) is 0. The van der Waals surface area contributed by atoms with Gasteiger partial charge in [-0.1, -0.05) is 58.4 Å². The quantitative estimate of drug-likeness (QED) is 0.547. The van der Waals surface area contributed by atoms with Crippen LogP contribution in [0.3, 0.4) is 0 Å². The van der Waals surface area contributed by atoms with Crippen molar-refractivity contribution in [2.24, 2.45) is 0 Å². The zero-order valence-corrected chi connectivity index (χ0v) is 13.4. The molecule has 0 saturated heterocycles. The molecule has 0 aliphatic rings. The molecule has 21 heavy (non-hydrogen) atoms. The van der Waals surface area contributed by atoms with Crippen LogP contribution < -0.4 is 4.90 Å². The minimum absolute atomic E-state index is 1.08. The Bertz CT molecular complexity index is 737. The van der Waals surface area contributed by atoms with E-state index in [9.17, 15) is 0 Å². The molecule has 0 spiro atoms. The van der Waals surface area contributed by atoms with Crippen molar-refractivity contribution >= 4 is 33.0 Å². The van der Waals surface area contributed by atoms with Crippen molar-refractivity contribution in [2.75, 3.05) is 4.90 Å². The summed E-state index contributed by atoms with van der Waals surface area (Å²) in [4.78, 5) is 2.28. The van der Waals surface area contributed by atoms with Gasteiger partial charge >= 0.3 is 0 Å². The predicted octanol–water partition coefficient (Wildman–Crippen LogP) is 6.23. The van der Waals surface area contributed by atoms with E-state index in [1.54, 1.807) is 0 Å². The van der Waals surface area contributed by atoms with E-state index in [-0.39, 0.29) is 0 Å². The number of benzene rings is 3. The monoisotopic (exact) mass is 337 g/mol. The molecule has 1 nitrogen and oxygen atoms in total. The van der Waals surface area contributed by atoms with Crippen LogP contribution in [-0.2, 0) is 0 Å². The minimum Gasteiger partial charge on any atom is -0.310 e. The van der Waals surface area contributed by atoms with Gasteiger partial charge in [-0.05, 0) is 48.9 Å². The van der Waals surface area contributed by atoms with Crippen molar-refractivity contribution in [1.29, 1.82) is 0 Å². The van der Waals surface area contributed by atoms with E-state index in [2.05, 4.69) is 94.5 Å². The molecule has 0 atom stereocenters. The number of aryl methyl sites for hydroxylation is 1. The van der Waals surface area contributed by atoms with Crippen LogP contribution in [0.2, 0.25) is 0 Å². The van der Waals surface area contributed by atoms with Crippen LogP contribution in [0.1, 0.15) is 5.56 Å². The molecular formula is C19H16BrN. The number of rotatable bonds is 3. The highest BCUT2D eigenvalue weighted by atomic mass is 79.9. The van der Waals surface area contributed by atoms with E-state index >= 15 is 0 Å². The molecule has 0 N–H and O–H groups in total. The molecule has 0 saturated carbocycles. The molecule has 0 bridgehead atoms. The van der Waals surface area contributed by atoms with E-state index in [0.717, 1.165) is 15.8 Å². The summed E-state index contributed by atoms with van der Waals surface area (Å²) in [6.45, 7) is 2.14. The van der Waals surface area contributed by atoms with Gasteiger partial charge in [-0.3, -0.25) is 0 Å². The van der Waals surface area contributed by atoms with Crippen LogP contribution in [-0.4, -0.2) is 0 Å². The largest absolute Gasteiger partial charge is 0.310 e. The van der Waals surface area contributed by atoms with E-state index in [1.165, 1.54) is 11.3 Å². The van der Waals surface area contributed by atoms with Gasteiger partial charge in [0.1, 0.15) is 0 Å². The molecule has 104 valence electrons. The van der Waals surface area contributed by atoms with Crippen LogP contribution in [0.5, 0.6) is 0 Å². The number of hydrogen-bond acceptors (Lipinski definition) is 1. The molecule has 0 aliphatic heterocycles. The lowest BCUT2D eigenvalue weighted by Crippen LogP contribution is -2.11. The Morgan fingerprint density at radius 1 is 0.714 bits per heavy atom. The third-order valence-electron chi connectivity index (χ3n) is 3.44. The zero-order chi connectivity index (χ0) is 14.7. The van der Waals surface area contributed by atoms with Crippen molar-refractivity contribution in [3.8, 4) is 0 Å². The molecule has 0 aromatic heterocycles. The highest BCUT2D eigenvalue weighted by Crippen LogP contribution is 2.36. The Morgan fingerprint density at radius 3 is 2.10 bits per heavy atom. The van der Waals surface area contributed by atoms with E-state index in [1.807, 2.05) is 12.1 Å². The van der Waals surface area contributed by atoms with Crippen molar-refractivity contribution in [1.82, 2.24) is 0 Å². The van der Waals surface area contributed by atoms with Gasteiger partial charge in [0.2, 0.25) is 0 Å². The lowest BCUT2D eigenvalue weighted by Gasteiger charge is -2.27. The normalized spacial score (nSPS) is 10.4. The minimum atomic E-state index is 1.08. The van der Waals surface area contributed by atoms with Crippen LogP contribution >= 0.6 is 15.9 Å². The van der Waals surface area contributed by atoms with Crippen molar-refractivity contribution < 1.29 is 0 Å². The fourth-order valence-corrected chi connectivity index (χ4v) is 2.82. The van der Waals surface area contributed by atoms with Gasteiger partial charge in [0.25, 0.3) is 0 Å². The average molecular weight is 338 g/mol. The second-order valence-electron chi connectivity index (χ2n) is 4.94. The van der Waals surface area contributed by atoms with Crippen molar-refractivity contribution in [3.05, 3.63) is 88.9 Å². The first-order chi connectivity index (χ1) is 10.3. The van der Waals surface area contributed by atoms with Gasteiger partial charge in [-0.2, -0.15) is 0 Å². The molecule has 0 aliphatic carbocycles. The summed E-state index contributed by atoms with van der Waals surface area (Å²) in [6, 6.07) is 27.3. The molecule has 3 rings (SSSR count). The molecule has 0 amide bonds. The SMILES string of the molecule is Cc1ccccc1N(c1ccccc1)c1cccc(Br)c1. The Hall–Kier alpha value is -2.06. The lowest BCUT2D eigenvalue weighted by atomic mass is 10.1. The van der Waals surface area contributed by atoms with Crippen LogP contribution in [0, 0.1) is 6.92 Å². The Kier molecular flexibility index (Phi) is 4.07. The fourth-order valence-electron chi connectivity index (χ4n) is 2.43. The summed E-state index contributed by atoms with van der Waals surface area (Å²) in [5.74, 6) is 0. The van der Waals surface area contributed by atoms with Gasteiger partial charge in [0.05, 0.1) is 0 Å². The van der Waals surface area contributed by atoms with Crippen molar-refractivity contribution in [2.45, 2.75) is 6.92 Å². The fraction of sp³-hybridized carbons (Fsp3) is 0.0526. The van der Waals surface area contributed by atoms with Gasteiger partial charge in [0.15, 0.2) is 0 Å². The first kappa shape index (κ1) is 13.9. The van der Waals surface area contributed by atoms with E-state index in [4.69, 9.17) is 0 Å². The molecule has 3 aromatic rings. The van der Waals surface area contributed by atoms with Crippen LogP contribution in [0.4, 0.5) is 17.1 Å². The van der Waals surface area contributed by atoms with Crippen molar-refractivity contribution in [3.63, 3.8) is 0 Å². The highest BCUT2D eigenvalue weighted by molar-refractivity contribution is 9.10. The zero-order valence-electron chi connectivity index (χ0n) is 11.8. The smallest absolute Gasteiger partial charge is 0.0490 e. The number of halogens is 1. The summed E-state index contributed by atoms with van der Waals surface area (Å²) in [6.07, 6.45) is 0. The van der Waals surface area contributed by atoms with E-state index < -0.39 is 0 Å². The van der Waals surface area contributed by atoms with Crippen LogP contribution in [0.25, 0.3) is 0 Å². The number of anilines is 3. The predicted molar refractivity (Wildman–Crippen MR) is 93.6 cm³/mol. The summed E-state index contributed by atoms with van der Waals surface area (Å²) >= 11 is 3.57. The molecule has 0 radical (unpaired) electrons. The standard InChI is InChI=1S/C19H16BrN/c1-15-8-5-6-13-19(15)21(17-10-3-2-4-11-17)18-12-7-9-16(20)14-18/h2-14H,1H3. The topological polar surface area (TPSA) is 3.24 Å². The van der Waals surface area contributed by atoms with Crippen LogP contribution in [0.15, 0.2) is 83.3 Å². The first-order valence-corrected chi connectivity index (χ1v) is 7.71. The summed E-state index contributed by atoms with van der Waals surface area (Å²) < 4.78 is 1.08. The molecule has 3 aromatic carbocycles. The lowest BCUT2D eigenvalue weighted by molar-refractivity contribution is 1.25. The molecular weight excluding hydrogens is 322 g/mol. The maximum Gasteiger partial charge on any atom is 0.0490 e. The summed E-state index contributed by atoms with van der Waals surface area (Å²) in [5, 5.41) is 0. The maximum absolute atomic E-state index is 3.57. The van der Waals surface area contributed by atoms with E-state index in [0.29, 0.717) is 0 Å².